The van der Waals surface area contributed by atoms with Crippen molar-refractivity contribution in [1.29, 1.82) is 0 Å². The fraction of sp³-hybridized carbons (Fsp3) is 0.615. The van der Waals surface area contributed by atoms with Crippen molar-refractivity contribution in [2.45, 2.75) is 43.5 Å². The van der Waals surface area contributed by atoms with E-state index in [1.54, 1.807) is 13.0 Å². The predicted octanol–water partition coefficient (Wildman–Crippen LogP) is 1.62. The molecule has 0 amide bonds. The molecule has 0 unspecified atom stereocenters. The van der Waals surface area contributed by atoms with E-state index in [4.69, 9.17) is 9.47 Å². The molecule has 17 heavy (non-hydrogen) atoms. The monoisotopic (exact) mass is 234 g/mol. The first kappa shape index (κ1) is 9.71. The van der Waals surface area contributed by atoms with Gasteiger partial charge in [0.25, 0.3) is 0 Å². The molecule has 2 fully saturated rings. The van der Waals surface area contributed by atoms with Gasteiger partial charge in [-0.25, -0.2) is 0 Å². The van der Waals surface area contributed by atoms with E-state index < -0.39 is 16.6 Å². The third-order valence-electron chi connectivity index (χ3n) is 4.79. The van der Waals surface area contributed by atoms with Crippen molar-refractivity contribution in [3.8, 4) is 0 Å². The predicted molar refractivity (Wildman–Crippen MR) is 58.2 cm³/mol. The van der Waals surface area contributed by atoms with Crippen LogP contribution < -0.4 is 0 Å². The van der Waals surface area contributed by atoms with Crippen molar-refractivity contribution in [3.63, 3.8) is 0 Å². The lowest BCUT2D eigenvalue weighted by Gasteiger charge is -2.40. The summed E-state index contributed by atoms with van der Waals surface area (Å²) < 4.78 is 11.6. The van der Waals surface area contributed by atoms with Crippen molar-refractivity contribution in [2.24, 2.45) is 5.41 Å². The number of ether oxygens (including phenoxy) is 2. The van der Waals surface area contributed by atoms with Gasteiger partial charge < -0.3 is 14.6 Å². The molecule has 2 spiro atoms. The van der Waals surface area contributed by atoms with Gasteiger partial charge in [0, 0.05) is 6.08 Å². The van der Waals surface area contributed by atoms with E-state index in [0.29, 0.717) is 6.42 Å². The van der Waals surface area contributed by atoms with Crippen LogP contribution >= 0.6 is 0 Å². The van der Waals surface area contributed by atoms with Gasteiger partial charge in [-0.05, 0) is 26.2 Å². The van der Waals surface area contributed by atoms with Gasteiger partial charge in [-0.1, -0.05) is 12.2 Å². The third kappa shape index (κ3) is 0.794. The van der Waals surface area contributed by atoms with Crippen LogP contribution in [0.4, 0.5) is 0 Å². The zero-order valence-corrected chi connectivity index (χ0v) is 9.60. The molecule has 5 aliphatic rings. The lowest BCUT2D eigenvalue weighted by molar-refractivity contribution is -0.169. The lowest BCUT2D eigenvalue weighted by Crippen LogP contribution is -2.52. The van der Waals surface area contributed by atoms with Crippen molar-refractivity contribution >= 4 is 5.97 Å². The van der Waals surface area contributed by atoms with E-state index in [2.05, 4.69) is 0 Å². The molecule has 4 atom stereocenters. The minimum atomic E-state index is -0.992. The Hall–Kier alpha value is -1.29. The first-order valence-electron chi connectivity index (χ1n) is 6.05. The third-order valence-corrected chi connectivity index (χ3v) is 4.79. The second-order valence-electron chi connectivity index (χ2n) is 5.65. The number of esters is 1. The first-order chi connectivity index (χ1) is 8.03. The fourth-order valence-corrected chi connectivity index (χ4v) is 3.86. The Morgan fingerprint density at radius 2 is 2.29 bits per heavy atom. The van der Waals surface area contributed by atoms with E-state index in [9.17, 15) is 9.90 Å². The second kappa shape index (κ2) is 2.43. The molecule has 5 rings (SSSR count). The summed E-state index contributed by atoms with van der Waals surface area (Å²) >= 11 is 0. The number of aliphatic hydroxyl groups is 1. The quantitative estimate of drug-likeness (QED) is 0.511. The second-order valence-corrected chi connectivity index (χ2v) is 5.65. The van der Waals surface area contributed by atoms with Crippen LogP contribution in [0.2, 0.25) is 0 Å². The average molecular weight is 234 g/mol. The number of aliphatic hydroxyl groups excluding tert-OH is 1. The molecule has 1 saturated carbocycles. The summed E-state index contributed by atoms with van der Waals surface area (Å²) in [5.41, 5.74) is -2.53. The molecule has 4 bridgehead atoms. The highest BCUT2D eigenvalue weighted by atomic mass is 16.6. The molecule has 1 N–H and O–H groups in total. The van der Waals surface area contributed by atoms with Gasteiger partial charge in [0.2, 0.25) is 0 Å². The maximum atomic E-state index is 12.3. The van der Waals surface area contributed by atoms with E-state index >= 15 is 0 Å². The number of fused-ring (bicyclic) bond motifs is 1. The number of hydrogen-bond acceptors (Lipinski definition) is 4. The van der Waals surface area contributed by atoms with Gasteiger partial charge in [-0.2, -0.15) is 0 Å². The van der Waals surface area contributed by atoms with E-state index in [1.165, 1.54) is 0 Å². The molecule has 90 valence electrons. The smallest absolute Gasteiger partial charge is 0.324 e. The lowest BCUT2D eigenvalue weighted by atomic mass is 9.70. The summed E-state index contributed by atoms with van der Waals surface area (Å²) in [6.45, 7) is 1.78. The van der Waals surface area contributed by atoms with Gasteiger partial charge in [-0.15, -0.1) is 0 Å². The minimum absolute atomic E-state index is 0.139. The van der Waals surface area contributed by atoms with E-state index in [1.807, 2.05) is 12.2 Å². The summed E-state index contributed by atoms with van der Waals surface area (Å²) in [5, 5.41) is 10.3. The Balaban J connectivity index is 2.07. The van der Waals surface area contributed by atoms with Crippen LogP contribution in [0.15, 0.2) is 24.0 Å². The zero-order valence-electron chi connectivity index (χ0n) is 9.60. The summed E-state index contributed by atoms with van der Waals surface area (Å²) in [5.74, 6) is -0.190. The van der Waals surface area contributed by atoms with Gasteiger partial charge in [0.05, 0.1) is 0 Å². The van der Waals surface area contributed by atoms with Crippen LogP contribution in [0.1, 0.15) is 26.2 Å². The van der Waals surface area contributed by atoms with Gasteiger partial charge in [-0.3, -0.25) is 4.79 Å². The zero-order chi connectivity index (χ0) is 11.9. The van der Waals surface area contributed by atoms with Crippen LogP contribution in [-0.2, 0) is 14.3 Å². The van der Waals surface area contributed by atoms with Crippen molar-refractivity contribution in [2.75, 3.05) is 0 Å². The maximum absolute atomic E-state index is 12.3. The molecule has 1 aliphatic carbocycles. The Morgan fingerprint density at radius 1 is 1.47 bits per heavy atom. The standard InChI is InChI=1S/C13H14O4/c1-11-7-8(14)13(10(15)17-11)5-2-4-12(13)6-3-9(11)16-12/h3,6-7,9,14H,2,4-5H2,1H3/t9-,11-,12+,13-/m0/s1. The number of carbonyl (C=O) groups excluding carboxylic acids is 1. The van der Waals surface area contributed by atoms with Gasteiger partial charge in [0.15, 0.2) is 11.0 Å². The highest BCUT2D eigenvalue weighted by molar-refractivity contribution is 5.86. The van der Waals surface area contributed by atoms with Crippen molar-refractivity contribution < 1.29 is 19.4 Å². The van der Waals surface area contributed by atoms with Crippen LogP contribution in [0, 0.1) is 5.41 Å². The van der Waals surface area contributed by atoms with Crippen LogP contribution in [-0.4, -0.2) is 28.4 Å². The van der Waals surface area contributed by atoms with Crippen molar-refractivity contribution in [1.82, 2.24) is 0 Å². The first-order valence-corrected chi connectivity index (χ1v) is 6.05. The van der Waals surface area contributed by atoms with Crippen LogP contribution in [0.25, 0.3) is 0 Å². The summed E-state index contributed by atoms with van der Waals surface area (Å²) in [6, 6.07) is 0. The fourth-order valence-electron chi connectivity index (χ4n) is 3.86. The molecule has 0 aromatic heterocycles. The summed E-state index contributed by atoms with van der Waals surface area (Å²) in [7, 11) is 0. The molecule has 4 heterocycles. The molecule has 4 aliphatic heterocycles. The molecule has 0 aromatic carbocycles. The van der Waals surface area contributed by atoms with Crippen LogP contribution in [0.3, 0.4) is 0 Å². The van der Waals surface area contributed by atoms with E-state index in [-0.39, 0.29) is 17.8 Å². The number of rotatable bonds is 0. The molecule has 0 radical (unpaired) electrons. The molecule has 0 aromatic rings. The summed E-state index contributed by atoms with van der Waals surface area (Å²) in [6.07, 6.45) is 7.54. The topological polar surface area (TPSA) is 55.8 Å². The molecule has 4 nitrogen and oxygen atoms in total. The Kier molecular flexibility index (Phi) is 1.39. The van der Waals surface area contributed by atoms with Crippen molar-refractivity contribution in [3.05, 3.63) is 24.0 Å². The van der Waals surface area contributed by atoms with E-state index in [0.717, 1.165) is 12.8 Å². The SMILES string of the molecule is C[C@]12C=C(O)[C@@]3(CCC[C@@]34C=C[C@@H]1O4)C(=O)O2. The Bertz CT molecular complexity index is 494. The highest BCUT2D eigenvalue weighted by Gasteiger charge is 2.72. The Morgan fingerprint density at radius 3 is 3.06 bits per heavy atom. The van der Waals surface area contributed by atoms with Gasteiger partial charge in [0.1, 0.15) is 17.5 Å². The number of carbonyl (C=O) groups is 1. The van der Waals surface area contributed by atoms with Gasteiger partial charge >= 0.3 is 5.97 Å². The normalized spacial score (nSPS) is 54.3. The number of hydrogen-bond donors (Lipinski definition) is 1. The molecule has 4 heteroatoms. The summed E-state index contributed by atoms with van der Waals surface area (Å²) in [4.78, 5) is 12.3. The minimum Gasteiger partial charge on any atom is -0.511 e. The average Bonchev–Trinajstić information content (AvgIpc) is 2.80. The van der Waals surface area contributed by atoms with Crippen LogP contribution in [0.5, 0.6) is 0 Å². The molecular formula is C13H14O4. The Labute approximate surface area is 98.9 Å². The molecular weight excluding hydrogens is 220 g/mol. The highest BCUT2D eigenvalue weighted by Crippen LogP contribution is 2.62. The molecule has 1 saturated heterocycles. The largest absolute Gasteiger partial charge is 0.511 e. The maximum Gasteiger partial charge on any atom is 0.324 e.